The smallest absolute Gasteiger partial charge is 0.00104 e. The molecule has 14 heavy (non-hydrogen) atoms. The van der Waals surface area contributed by atoms with E-state index in [0.717, 1.165) is 11.8 Å². The van der Waals surface area contributed by atoms with Gasteiger partial charge in [-0.2, -0.15) is 0 Å². The van der Waals surface area contributed by atoms with Crippen molar-refractivity contribution in [2.24, 2.45) is 11.8 Å². The van der Waals surface area contributed by atoms with Gasteiger partial charge in [-0.05, 0) is 24.8 Å². The van der Waals surface area contributed by atoms with Gasteiger partial charge < -0.3 is 5.32 Å². The number of rotatable bonds is 8. The highest BCUT2D eigenvalue weighted by Gasteiger charge is 2.03. The molecule has 0 radical (unpaired) electrons. The van der Waals surface area contributed by atoms with Crippen molar-refractivity contribution in [1.82, 2.24) is 5.32 Å². The normalized spacial score (nSPS) is 13.9. The van der Waals surface area contributed by atoms with E-state index < -0.39 is 0 Å². The maximum atomic E-state index is 3.49. The average molecular weight is 199 g/mol. The summed E-state index contributed by atoms with van der Waals surface area (Å²) in [6, 6.07) is 0.633. The minimum Gasteiger partial charge on any atom is -0.314 e. The first kappa shape index (κ1) is 14.0. The Labute approximate surface area is 90.7 Å². The standard InChI is InChI=1S/C13H29N/c1-11(2)8-6-7-9-13(5)10-14-12(3)4/h11-14H,6-10H2,1-5H3. The quantitative estimate of drug-likeness (QED) is 0.586. The second-order valence-electron chi connectivity index (χ2n) is 5.35. The summed E-state index contributed by atoms with van der Waals surface area (Å²) in [6.07, 6.45) is 5.58. The number of nitrogens with one attached hydrogen (secondary N) is 1. The lowest BCUT2D eigenvalue weighted by molar-refractivity contribution is 0.423. The van der Waals surface area contributed by atoms with Crippen molar-refractivity contribution in [3.63, 3.8) is 0 Å². The molecule has 1 nitrogen and oxygen atoms in total. The van der Waals surface area contributed by atoms with Gasteiger partial charge in [-0.15, -0.1) is 0 Å². The molecule has 1 atom stereocenters. The fourth-order valence-corrected chi connectivity index (χ4v) is 1.58. The second kappa shape index (κ2) is 8.28. The molecule has 0 aromatic heterocycles. The third-order valence-corrected chi connectivity index (χ3v) is 2.60. The Morgan fingerprint density at radius 1 is 0.857 bits per heavy atom. The molecule has 0 amide bonds. The molecular formula is C13H29N. The summed E-state index contributed by atoms with van der Waals surface area (Å²) in [6.45, 7) is 12.6. The number of hydrogen-bond acceptors (Lipinski definition) is 1. The van der Waals surface area contributed by atoms with E-state index in [2.05, 4.69) is 39.9 Å². The number of hydrogen-bond donors (Lipinski definition) is 1. The first-order chi connectivity index (χ1) is 6.52. The van der Waals surface area contributed by atoms with E-state index in [0.29, 0.717) is 6.04 Å². The highest BCUT2D eigenvalue weighted by Crippen LogP contribution is 2.12. The van der Waals surface area contributed by atoms with Gasteiger partial charge in [0.15, 0.2) is 0 Å². The molecule has 0 fully saturated rings. The molecule has 1 N–H and O–H groups in total. The van der Waals surface area contributed by atoms with Crippen molar-refractivity contribution in [2.45, 2.75) is 66.3 Å². The Hall–Kier alpha value is -0.0400. The van der Waals surface area contributed by atoms with E-state index in [9.17, 15) is 0 Å². The van der Waals surface area contributed by atoms with Crippen molar-refractivity contribution in [1.29, 1.82) is 0 Å². The summed E-state index contributed by atoms with van der Waals surface area (Å²) in [5.41, 5.74) is 0. The molecule has 1 unspecified atom stereocenters. The van der Waals surface area contributed by atoms with Crippen LogP contribution in [0.5, 0.6) is 0 Å². The highest BCUT2D eigenvalue weighted by molar-refractivity contribution is 4.60. The Morgan fingerprint density at radius 2 is 1.43 bits per heavy atom. The van der Waals surface area contributed by atoms with Gasteiger partial charge in [0, 0.05) is 6.04 Å². The first-order valence-corrected chi connectivity index (χ1v) is 6.25. The first-order valence-electron chi connectivity index (χ1n) is 6.25. The molecule has 0 bridgehead atoms. The lowest BCUT2D eigenvalue weighted by Crippen LogP contribution is -2.27. The SMILES string of the molecule is CC(C)CCCCC(C)CNC(C)C. The van der Waals surface area contributed by atoms with Crippen LogP contribution >= 0.6 is 0 Å². The molecule has 0 saturated carbocycles. The van der Waals surface area contributed by atoms with E-state index >= 15 is 0 Å². The molecule has 0 rings (SSSR count). The molecule has 86 valence electrons. The van der Waals surface area contributed by atoms with E-state index in [4.69, 9.17) is 0 Å². The molecule has 0 spiro atoms. The Bertz CT molecular complexity index is 118. The van der Waals surface area contributed by atoms with Gasteiger partial charge in [-0.1, -0.05) is 53.9 Å². The molecule has 0 aliphatic rings. The van der Waals surface area contributed by atoms with Crippen LogP contribution in [0.15, 0.2) is 0 Å². The summed E-state index contributed by atoms with van der Waals surface area (Å²) in [5.74, 6) is 1.71. The van der Waals surface area contributed by atoms with Gasteiger partial charge >= 0.3 is 0 Å². The van der Waals surface area contributed by atoms with Crippen molar-refractivity contribution < 1.29 is 0 Å². The molecule has 1 heteroatoms. The van der Waals surface area contributed by atoms with Crippen molar-refractivity contribution in [3.05, 3.63) is 0 Å². The van der Waals surface area contributed by atoms with Crippen LogP contribution in [0.1, 0.15) is 60.3 Å². The molecular weight excluding hydrogens is 170 g/mol. The van der Waals surface area contributed by atoms with E-state index in [-0.39, 0.29) is 0 Å². The third kappa shape index (κ3) is 10.0. The summed E-state index contributed by atoms with van der Waals surface area (Å²) in [5, 5.41) is 3.49. The molecule has 0 aliphatic carbocycles. The maximum absolute atomic E-state index is 3.49. The van der Waals surface area contributed by atoms with Crippen LogP contribution in [0.2, 0.25) is 0 Å². The van der Waals surface area contributed by atoms with Crippen molar-refractivity contribution in [2.75, 3.05) is 6.54 Å². The zero-order valence-electron chi connectivity index (χ0n) is 10.8. The lowest BCUT2D eigenvalue weighted by atomic mass is 10.00. The lowest BCUT2D eigenvalue weighted by Gasteiger charge is -2.14. The van der Waals surface area contributed by atoms with Crippen LogP contribution in [0, 0.1) is 11.8 Å². The molecule has 0 saturated heterocycles. The van der Waals surface area contributed by atoms with E-state index in [1.165, 1.54) is 32.2 Å². The van der Waals surface area contributed by atoms with Crippen LogP contribution in [-0.4, -0.2) is 12.6 Å². The molecule has 0 aromatic rings. The summed E-state index contributed by atoms with van der Waals surface area (Å²) in [4.78, 5) is 0. The molecule has 0 heterocycles. The van der Waals surface area contributed by atoms with E-state index in [1.54, 1.807) is 0 Å². The van der Waals surface area contributed by atoms with Crippen LogP contribution in [-0.2, 0) is 0 Å². The van der Waals surface area contributed by atoms with Gasteiger partial charge in [0.05, 0.1) is 0 Å². The van der Waals surface area contributed by atoms with Crippen molar-refractivity contribution >= 4 is 0 Å². The third-order valence-electron chi connectivity index (χ3n) is 2.60. The minimum atomic E-state index is 0.633. The maximum Gasteiger partial charge on any atom is 0.00104 e. The van der Waals surface area contributed by atoms with E-state index in [1.807, 2.05) is 0 Å². The largest absolute Gasteiger partial charge is 0.314 e. The average Bonchev–Trinajstić information content (AvgIpc) is 2.08. The summed E-state index contributed by atoms with van der Waals surface area (Å²) < 4.78 is 0. The van der Waals surface area contributed by atoms with Gasteiger partial charge in [-0.25, -0.2) is 0 Å². The van der Waals surface area contributed by atoms with Gasteiger partial charge in [0.2, 0.25) is 0 Å². The van der Waals surface area contributed by atoms with Gasteiger partial charge in [0.1, 0.15) is 0 Å². The monoisotopic (exact) mass is 199 g/mol. The van der Waals surface area contributed by atoms with Crippen LogP contribution in [0.4, 0.5) is 0 Å². The molecule has 0 aliphatic heterocycles. The zero-order chi connectivity index (χ0) is 11.0. The van der Waals surface area contributed by atoms with Crippen molar-refractivity contribution in [3.8, 4) is 0 Å². The Balaban J connectivity index is 3.22. The highest BCUT2D eigenvalue weighted by atomic mass is 14.9. The topological polar surface area (TPSA) is 12.0 Å². The second-order valence-corrected chi connectivity index (χ2v) is 5.35. The zero-order valence-corrected chi connectivity index (χ0v) is 10.8. The summed E-state index contributed by atoms with van der Waals surface area (Å²) in [7, 11) is 0. The fourth-order valence-electron chi connectivity index (χ4n) is 1.58. The van der Waals surface area contributed by atoms with Crippen LogP contribution < -0.4 is 5.32 Å². The van der Waals surface area contributed by atoms with Gasteiger partial charge in [0.25, 0.3) is 0 Å². The van der Waals surface area contributed by atoms with Crippen LogP contribution in [0.25, 0.3) is 0 Å². The van der Waals surface area contributed by atoms with Gasteiger partial charge in [-0.3, -0.25) is 0 Å². The predicted octanol–water partition coefficient (Wildman–Crippen LogP) is 3.84. The predicted molar refractivity (Wildman–Crippen MR) is 65.6 cm³/mol. The fraction of sp³-hybridized carbons (Fsp3) is 1.00. The number of unbranched alkanes of at least 4 members (excludes halogenated alkanes) is 1. The Morgan fingerprint density at radius 3 is 1.93 bits per heavy atom. The van der Waals surface area contributed by atoms with Crippen LogP contribution in [0.3, 0.4) is 0 Å². The molecule has 0 aromatic carbocycles. The minimum absolute atomic E-state index is 0.633. The summed E-state index contributed by atoms with van der Waals surface area (Å²) >= 11 is 0. The Kier molecular flexibility index (Phi) is 8.26.